The molecule has 0 unspecified atom stereocenters. The van der Waals surface area contributed by atoms with E-state index in [1.165, 1.54) is 5.56 Å². The Balaban J connectivity index is 1.71. The quantitative estimate of drug-likeness (QED) is 0.773. The van der Waals surface area contributed by atoms with Gasteiger partial charge in [0.2, 0.25) is 0 Å². The maximum absolute atomic E-state index is 10.1. The largest absolute Gasteiger partial charge is 0.389 e. The highest BCUT2D eigenvalue weighted by Crippen LogP contribution is 2.05. The standard InChI is InChI=1S/C18H24N2O2/c1-2-20(12-16-8-10-19-11-9-16)13-18(21)15-22-14-17-6-4-3-5-7-17/h3-11,18,21H,2,12-15H2,1H3/t18-/m0/s1. The lowest BCUT2D eigenvalue weighted by Gasteiger charge is -2.23. The van der Waals surface area contributed by atoms with E-state index in [-0.39, 0.29) is 0 Å². The molecule has 4 nitrogen and oxygen atoms in total. The lowest BCUT2D eigenvalue weighted by molar-refractivity contribution is 0.00940. The van der Waals surface area contributed by atoms with Gasteiger partial charge < -0.3 is 9.84 Å². The molecule has 1 atom stereocenters. The van der Waals surface area contributed by atoms with Crippen LogP contribution in [-0.2, 0) is 17.9 Å². The van der Waals surface area contributed by atoms with Crippen LogP contribution in [-0.4, -0.2) is 40.8 Å². The fourth-order valence-electron chi connectivity index (χ4n) is 2.29. The Bertz CT molecular complexity index is 519. The van der Waals surface area contributed by atoms with E-state index in [0.29, 0.717) is 19.8 Å². The fourth-order valence-corrected chi connectivity index (χ4v) is 2.29. The molecule has 0 amide bonds. The van der Waals surface area contributed by atoms with Crippen molar-refractivity contribution in [3.8, 4) is 0 Å². The first-order chi connectivity index (χ1) is 10.8. The first-order valence-corrected chi connectivity index (χ1v) is 7.69. The van der Waals surface area contributed by atoms with Gasteiger partial charge in [0.25, 0.3) is 0 Å². The molecule has 2 aromatic rings. The van der Waals surface area contributed by atoms with Gasteiger partial charge in [0.15, 0.2) is 0 Å². The smallest absolute Gasteiger partial charge is 0.0900 e. The molecule has 0 saturated carbocycles. The van der Waals surface area contributed by atoms with Crippen LogP contribution >= 0.6 is 0 Å². The van der Waals surface area contributed by atoms with Gasteiger partial charge in [-0.05, 0) is 29.8 Å². The number of benzene rings is 1. The zero-order valence-electron chi connectivity index (χ0n) is 13.1. The normalized spacial score (nSPS) is 12.5. The van der Waals surface area contributed by atoms with Crippen molar-refractivity contribution in [2.45, 2.75) is 26.2 Å². The highest BCUT2D eigenvalue weighted by molar-refractivity contribution is 5.13. The highest BCUT2D eigenvalue weighted by Gasteiger charge is 2.11. The number of nitrogens with zero attached hydrogens (tertiary/aromatic N) is 2. The van der Waals surface area contributed by atoms with Crippen LogP contribution in [0.25, 0.3) is 0 Å². The van der Waals surface area contributed by atoms with Crippen molar-refractivity contribution in [2.24, 2.45) is 0 Å². The number of hydrogen-bond acceptors (Lipinski definition) is 4. The van der Waals surface area contributed by atoms with E-state index in [2.05, 4.69) is 16.8 Å². The van der Waals surface area contributed by atoms with Gasteiger partial charge >= 0.3 is 0 Å². The Labute approximate surface area is 132 Å². The van der Waals surface area contributed by atoms with Crippen molar-refractivity contribution >= 4 is 0 Å². The topological polar surface area (TPSA) is 45.6 Å². The molecule has 0 aliphatic heterocycles. The molecular weight excluding hydrogens is 276 g/mol. The summed E-state index contributed by atoms with van der Waals surface area (Å²) in [5.74, 6) is 0. The number of aromatic nitrogens is 1. The molecule has 0 fully saturated rings. The summed E-state index contributed by atoms with van der Waals surface area (Å²) in [5, 5.41) is 10.1. The summed E-state index contributed by atoms with van der Waals surface area (Å²) in [6, 6.07) is 14.0. The van der Waals surface area contributed by atoms with Crippen LogP contribution < -0.4 is 0 Å². The van der Waals surface area contributed by atoms with Gasteiger partial charge in [0.1, 0.15) is 0 Å². The van der Waals surface area contributed by atoms with Gasteiger partial charge in [-0.15, -0.1) is 0 Å². The van der Waals surface area contributed by atoms with Crippen LogP contribution in [0.4, 0.5) is 0 Å². The maximum Gasteiger partial charge on any atom is 0.0900 e. The SMILES string of the molecule is CCN(Cc1ccncc1)C[C@H](O)COCc1ccccc1. The van der Waals surface area contributed by atoms with Crippen molar-refractivity contribution in [1.29, 1.82) is 0 Å². The minimum Gasteiger partial charge on any atom is -0.389 e. The molecule has 0 aliphatic rings. The summed E-state index contributed by atoms with van der Waals surface area (Å²) >= 11 is 0. The Hall–Kier alpha value is -1.75. The number of likely N-dealkylation sites (N-methyl/N-ethyl adjacent to an activating group) is 1. The summed E-state index contributed by atoms with van der Waals surface area (Å²) in [5.41, 5.74) is 2.33. The van der Waals surface area contributed by atoms with E-state index in [0.717, 1.165) is 18.7 Å². The third-order valence-corrected chi connectivity index (χ3v) is 3.49. The van der Waals surface area contributed by atoms with Crippen LogP contribution in [0.5, 0.6) is 0 Å². The molecule has 1 aromatic heterocycles. The van der Waals surface area contributed by atoms with E-state index in [9.17, 15) is 5.11 Å². The second-order valence-corrected chi connectivity index (χ2v) is 5.34. The second kappa shape index (κ2) is 9.30. The number of ether oxygens (including phenoxy) is 1. The molecular formula is C18H24N2O2. The third-order valence-electron chi connectivity index (χ3n) is 3.49. The van der Waals surface area contributed by atoms with Crippen LogP contribution in [0.15, 0.2) is 54.9 Å². The molecule has 1 heterocycles. The zero-order valence-corrected chi connectivity index (χ0v) is 13.1. The average molecular weight is 300 g/mol. The number of hydrogen-bond donors (Lipinski definition) is 1. The average Bonchev–Trinajstić information content (AvgIpc) is 2.56. The Morgan fingerprint density at radius 1 is 1.09 bits per heavy atom. The Morgan fingerprint density at radius 3 is 2.50 bits per heavy atom. The summed E-state index contributed by atoms with van der Waals surface area (Å²) in [7, 11) is 0. The van der Waals surface area contributed by atoms with Gasteiger partial charge in [-0.1, -0.05) is 37.3 Å². The number of aliphatic hydroxyl groups excluding tert-OH is 1. The van der Waals surface area contributed by atoms with Crippen molar-refractivity contribution in [2.75, 3.05) is 19.7 Å². The van der Waals surface area contributed by atoms with Crippen LogP contribution in [0, 0.1) is 0 Å². The third kappa shape index (κ3) is 5.93. The van der Waals surface area contributed by atoms with E-state index >= 15 is 0 Å². The van der Waals surface area contributed by atoms with Crippen molar-refractivity contribution in [3.05, 3.63) is 66.0 Å². The van der Waals surface area contributed by atoms with Crippen LogP contribution in [0.3, 0.4) is 0 Å². The van der Waals surface area contributed by atoms with Crippen molar-refractivity contribution < 1.29 is 9.84 Å². The second-order valence-electron chi connectivity index (χ2n) is 5.34. The predicted octanol–water partition coefficient (Wildman–Crippen LogP) is 2.48. The first kappa shape index (κ1) is 16.6. The van der Waals surface area contributed by atoms with Gasteiger partial charge in [-0.25, -0.2) is 0 Å². The number of pyridine rings is 1. The van der Waals surface area contributed by atoms with Crippen LogP contribution in [0.2, 0.25) is 0 Å². The summed E-state index contributed by atoms with van der Waals surface area (Å²) in [6.45, 7) is 5.29. The first-order valence-electron chi connectivity index (χ1n) is 7.69. The molecule has 0 bridgehead atoms. The molecule has 0 aliphatic carbocycles. The molecule has 2 rings (SSSR count). The molecule has 4 heteroatoms. The van der Waals surface area contributed by atoms with Gasteiger partial charge in [0.05, 0.1) is 19.3 Å². The molecule has 22 heavy (non-hydrogen) atoms. The monoisotopic (exact) mass is 300 g/mol. The number of rotatable bonds is 9. The lowest BCUT2D eigenvalue weighted by Crippen LogP contribution is -2.34. The Kier molecular flexibility index (Phi) is 7.03. The van der Waals surface area contributed by atoms with E-state index in [1.54, 1.807) is 12.4 Å². The minimum atomic E-state index is -0.481. The molecule has 0 radical (unpaired) electrons. The summed E-state index contributed by atoms with van der Waals surface area (Å²) in [6.07, 6.45) is 3.11. The van der Waals surface area contributed by atoms with Crippen molar-refractivity contribution in [3.63, 3.8) is 0 Å². The summed E-state index contributed by atoms with van der Waals surface area (Å²) in [4.78, 5) is 6.22. The van der Waals surface area contributed by atoms with Gasteiger partial charge in [-0.2, -0.15) is 0 Å². The molecule has 0 saturated heterocycles. The zero-order chi connectivity index (χ0) is 15.6. The molecule has 1 aromatic carbocycles. The van der Waals surface area contributed by atoms with Crippen molar-refractivity contribution in [1.82, 2.24) is 9.88 Å². The van der Waals surface area contributed by atoms with E-state index in [1.807, 2.05) is 42.5 Å². The minimum absolute atomic E-state index is 0.349. The molecule has 118 valence electrons. The number of aliphatic hydroxyl groups is 1. The van der Waals surface area contributed by atoms with E-state index < -0.39 is 6.10 Å². The predicted molar refractivity (Wildman–Crippen MR) is 87.3 cm³/mol. The van der Waals surface area contributed by atoms with Gasteiger partial charge in [0, 0.05) is 25.5 Å². The summed E-state index contributed by atoms with van der Waals surface area (Å²) < 4.78 is 5.59. The Morgan fingerprint density at radius 2 is 1.82 bits per heavy atom. The molecule has 0 spiro atoms. The lowest BCUT2D eigenvalue weighted by atomic mass is 10.2. The highest BCUT2D eigenvalue weighted by atomic mass is 16.5. The molecule has 1 N–H and O–H groups in total. The van der Waals surface area contributed by atoms with Gasteiger partial charge in [-0.3, -0.25) is 9.88 Å². The van der Waals surface area contributed by atoms with E-state index in [4.69, 9.17) is 4.74 Å². The maximum atomic E-state index is 10.1. The fraction of sp³-hybridized carbons (Fsp3) is 0.389. The van der Waals surface area contributed by atoms with Crippen LogP contribution in [0.1, 0.15) is 18.1 Å².